The minimum atomic E-state index is -0.107. The van der Waals surface area contributed by atoms with Crippen LogP contribution < -0.4 is 0 Å². The molecule has 0 fully saturated rings. The number of likely N-dealkylation sites (N-methyl/N-ethyl adjacent to an activating group) is 1. The number of amides is 1. The van der Waals surface area contributed by atoms with Gasteiger partial charge in [0.15, 0.2) is 0 Å². The molecule has 112 valence electrons. The van der Waals surface area contributed by atoms with Crippen LogP contribution in [0.1, 0.15) is 36.0 Å². The minimum absolute atomic E-state index is 0.107. The molecule has 0 spiro atoms. The van der Waals surface area contributed by atoms with Crippen LogP contribution in [0.3, 0.4) is 0 Å². The summed E-state index contributed by atoms with van der Waals surface area (Å²) < 4.78 is 0. The second-order valence-electron chi connectivity index (χ2n) is 5.37. The SMILES string of the molecule is CCC(C(=O)N(C)Cc1ccc(C#N)cc1)c1ccccc1. The van der Waals surface area contributed by atoms with Crippen LogP contribution in [-0.2, 0) is 11.3 Å². The van der Waals surface area contributed by atoms with Crippen molar-refractivity contribution in [1.82, 2.24) is 4.90 Å². The maximum absolute atomic E-state index is 12.7. The van der Waals surface area contributed by atoms with Gasteiger partial charge in [0.1, 0.15) is 0 Å². The first-order valence-corrected chi connectivity index (χ1v) is 7.44. The van der Waals surface area contributed by atoms with Gasteiger partial charge in [0.05, 0.1) is 17.6 Å². The highest BCUT2D eigenvalue weighted by Crippen LogP contribution is 2.22. The highest BCUT2D eigenvalue weighted by Gasteiger charge is 2.21. The van der Waals surface area contributed by atoms with Gasteiger partial charge in [-0.15, -0.1) is 0 Å². The van der Waals surface area contributed by atoms with Crippen LogP contribution in [0.5, 0.6) is 0 Å². The third-order valence-corrected chi connectivity index (χ3v) is 3.79. The predicted molar refractivity (Wildman–Crippen MR) is 87.1 cm³/mol. The molecule has 22 heavy (non-hydrogen) atoms. The Bertz CT molecular complexity index is 656. The Morgan fingerprint density at radius 1 is 1.14 bits per heavy atom. The van der Waals surface area contributed by atoms with Gasteiger partial charge in [0, 0.05) is 13.6 Å². The predicted octanol–water partition coefficient (Wildman–Crippen LogP) is 3.71. The van der Waals surface area contributed by atoms with Gasteiger partial charge in [-0.25, -0.2) is 0 Å². The normalized spacial score (nSPS) is 11.5. The first kappa shape index (κ1) is 15.8. The number of nitriles is 1. The van der Waals surface area contributed by atoms with Crippen molar-refractivity contribution in [2.75, 3.05) is 7.05 Å². The van der Waals surface area contributed by atoms with Gasteiger partial charge in [-0.2, -0.15) is 5.26 Å². The molecule has 3 nitrogen and oxygen atoms in total. The highest BCUT2D eigenvalue weighted by atomic mass is 16.2. The van der Waals surface area contributed by atoms with Crippen LogP contribution in [0.4, 0.5) is 0 Å². The maximum Gasteiger partial charge on any atom is 0.230 e. The molecule has 0 heterocycles. The Morgan fingerprint density at radius 2 is 1.77 bits per heavy atom. The number of carbonyl (C=O) groups excluding carboxylic acids is 1. The summed E-state index contributed by atoms with van der Waals surface area (Å²) in [4.78, 5) is 14.4. The molecule has 1 unspecified atom stereocenters. The van der Waals surface area contributed by atoms with Gasteiger partial charge in [-0.05, 0) is 29.7 Å². The average Bonchev–Trinajstić information content (AvgIpc) is 2.57. The third kappa shape index (κ3) is 3.73. The van der Waals surface area contributed by atoms with E-state index in [1.165, 1.54) is 0 Å². The number of benzene rings is 2. The van der Waals surface area contributed by atoms with Crippen molar-refractivity contribution in [2.24, 2.45) is 0 Å². The number of hydrogen-bond donors (Lipinski definition) is 0. The van der Waals surface area contributed by atoms with Gasteiger partial charge < -0.3 is 4.90 Å². The Labute approximate surface area is 131 Å². The third-order valence-electron chi connectivity index (χ3n) is 3.79. The molecule has 0 radical (unpaired) electrons. The zero-order valence-electron chi connectivity index (χ0n) is 13.0. The van der Waals surface area contributed by atoms with Gasteiger partial charge >= 0.3 is 0 Å². The van der Waals surface area contributed by atoms with Gasteiger partial charge in [-0.1, -0.05) is 49.4 Å². The molecular weight excluding hydrogens is 272 g/mol. The monoisotopic (exact) mass is 292 g/mol. The van der Waals surface area contributed by atoms with Gasteiger partial charge in [0.25, 0.3) is 0 Å². The molecule has 0 aliphatic carbocycles. The number of hydrogen-bond acceptors (Lipinski definition) is 2. The van der Waals surface area contributed by atoms with E-state index in [2.05, 4.69) is 6.07 Å². The fraction of sp³-hybridized carbons (Fsp3) is 0.263. The molecule has 0 N–H and O–H groups in total. The summed E-state index contributed by atoms with van der Waals surface area (Å²) in [6, 6.07) is 19.3. The van der Waals surface area contributed by atoms with Crippen LogP contribution in [0, 0.1) is 11.3 Å². The molecular formula is C19H20N2O. The number of rotatable bonds is 5. The molecule has 2 aromatic rings. The average molecular weight is 292 g/mol. The zero-order valence-corrected chi connectivity index (χ0v) is 13.0. The number of nitrogens with zero attached hydrogens (tertiary/aromatic N) is 2. The molecule has 2 rings (SSSR count). The summed E-state index contributed by atoms with van der Waals surface area (Å²) in [6.07, 6.45) is 0.778. The van der Waals surface area contributed by atoms with E-state index in [-0.39, 0.29) is 11.8 Å². The summed E-state index contributed by atoms with van der Waals surface area (Å²) >= 11 is 0. The fourth-order valence-corrected chi connectivity index (χ4v) is 2.54. The molecule has 0 saturated carbocycles. The smallest absolute Gasteiger partial charge is 0.230 e. The van der Waals surface area contributed by atoms with E-state index < -0.39 is 0 Å². The van der Waals surface area contributed by atoms with E-state index in [4.69, 9.17) is 5.26 Å². The largest absolute Gasteiger partial charge is 0.341 e. The number of carbonyl (C=O) groups is 1. The van der Waals surface area contributed by atoms with Crippen molar-refractivity contribution in [1.29, 1.82) is 5.26 Å². The summed E-state index contributed by atoms with van der Waals surface area (Å²) in [6.45, 7) is 2.58. The summed E-state index contributed by atoms with van der Waals surface area (Å²) in [7, 11) is 1.83. The Kier molecular flexibility index (Phi) is 5.32. The molecule has 1 amide bonds. The van der Waals surface area contributed by atoms with Crippen molar-refractivity contribution in [3.8, 4) is 6.07 Å². The van der Waals surface area contributed by atoms with Crippen molar-refractivity contribution in [3.63, 3.8) is 0 Å². The van der Waals surface area contributed by atoms with E-state index in [1.54, 1.807) is 17.0 Å². The second-order valence-corrected chi connectivity index (χ2v) is 5.37. The molecule has 0 aliphatic heterocycles. The Hall–Kier alpha value is -2.60. The van der Waals surface area contributed by atoms with E-state index >= 15 is 0 Å². The standard InChI is InChI=1S/C19H20N2O/c1-3-18(17-7-5-4-6-8-17)19(22)21(2)14-16-11-9-15(13-20)10-12-16/h4-12,18H,3,14H2,1-2H3. The van der Waals surface area contributed by atoms with Crippen LogP contribution in [0.25, 0.3) is 0 Å². The van der Waals surface area contributed by atoms with Crippen molar-refractivity contribution >= 4 is 5.91 Å². The summed E-state index contributed by atoms with van der Waals surface area (Å²) in [5.41, 5.74) is 2.72. The van der Waals surface area contributed by atoms with Crippen LogP contribution in [0.2, 0.25) is 0 Å². The van der Waals surface area contributed by atoms with E-state index in [0.29, 0.717) is 12.1 Å². The summed E-state index contributed by atoms with van der Waals surface area (Å²) in [5.74, 6) is 0.0163. The Balaban J connectivity index is 2.08. The molecule has 3 heteroatoms. The van der Waals surface area contributed by atoms with Crippen LogP contribution in [-0.4, -0.2) is 17.9 Å². The van der Waals surface area contributed by atoms with E-state index in [9.17, 15) is 4.79 Å². The lowest BCUT2D eigenvalue weighted by molar-refractivity contribution is -0.132. The molecule has 0 aromatic heterocycles. The first-order chi connectivity index (χ1) is 10.7. The molecule has 0 aliphatic rings. The molecule has 2 aromatic carbocycles. The van der Waals surface area contributed by atoms with Crippen molar-refractivity contribution in [3.05, 3.63) is 71.3 Å². The highest BCUT2D eigenvalue weighted by molar-refractivity contribution is 5.83. The van der Waals surface area contributed by atoms with E-state index in [1.807, 2.05) is 56.4 Å². The zero-order chi connectivity index (χ0) is 15.9. The molecule has 0 bridgehead atoms. The lowest BCUT2D eigenvalue weighted by Gasteiger charge is -2.23. The van der Waals surface area contributed by atoms with Crippen molar-refractivity contribution in [2.45, 2.75) is 25.8 Å². The fourth-order valence-electron chi connectivity index (χ4n) is 2.54. The second kappa shape index (κ2) is 7.42. The van der Waals surface area contributed by atoms with Crippen molar-refractivity contribution < 1.29 is 4.79 Å². The minimum Gasteiger partial charge on any atom is -0.341 e. The van der Waals surface area contributed by atoms with Crippen LogP contribution in [0.15, 0.2) is 54.6 Å². The Morgan fingerprint density at radius 3 is 2.32 bits per heavy atom. The van der Waals surface area contributed by atoms with Crippen LogP contribution >= 0.6 is 0 Å². The topological polar surface area (TPSA) is 44.1 Å². The molecule has 0 saturated heterocycles. The van der Waals surface area contributed by atoms with E-state index in [0.717, 1.165) is 17.5 Å². The lowest BCUT2D eigenvalue weighted by atomic mass is 9.95. The molecule has 1 atom stereocenters. The van der Waals surface area contributed by atoms with Gasteiger partial charge in [0.2, 0.25) is 5.91 Å². The van der Waals surface area contributed by atoms with Gasteiger partial charge in [-0.3, -0.25) is 4.79 Å². The first-order valence-electron chi connectivity index (χ1n) is 7.44. The quantitative estimate of drug-likeness (QED) is 0.843. The maximum atomic E-state index is 12.7. The summed E-state index contributed by atoms with van der Waals surface area (Å²) in [5, 5.41) is 8.81. The lowest BCUT2D eigenvalue weighted by Crippen LogP contribution is -2.31.